The first kappa shape index (κ1) is 30.1. The van der Waals surface area contributed by atoms with Crippen LogP contribution in [0.15, 0.2) is 59.8 Å². The molecule has 0 bridgehead atoms. The summed E-state index contributed by atoms with van der Waals surface area (Å²) in [6.45, 7) is 1.72. The van der Waals surface area contributed by atoms with E-state index >= 15 is 0 Å². The number of hydrogen-bond acceptors (Lipinski definition) is 7. The number of phenols is 1. The van der Waals surface area contributed by atoms with Crippen LogP contribution in [0.1, 0.15) is 63.1 Å². The molecule has 1 aliphatic heterocycles. The second kappa shape index (κ2) is 13.7. The summed E-state index contributed by atoms with van der Waals surface area (Å²) in [5.74, 6) is -3.26. The molecule has 41 heavy (non-hydrogen) atoms. The van der Waals surface area contributed by atoms with E-state index in [2.05, 4.69) is 4.98 Å². The predicted molar refractivity (Wildman–Crippen MR) is 153 cm³/mol. The van der Waals surface area contributed by atoms with Gasteiger partial charge in [0, 0.05) is 25.1 Å². The van der Waals surface area contributed by atoms with Crippen molar-refractivity contribution in [2.24, 2.45) is 17.8 Å². The van der Waals surface area contributed by atoms with Gasteiger partial charge >= 0.3 is 5.97 Å². The van der Waals surface area contributed by atoms with Crippen LogP contribution < -0.4 is 0 Å². The highest BCUT2D eigenvalue weighted by Crippen LogP contribution is 2.46. The van der Waals surface area contributed by atoms with Gasteiger partial charge in [-0.1, -0.05) is 30.2 Å². The fourth-order valence-electron chi connectivity index (χ4n) is 6.22. The highest BCUT2D eigenvalue weighted by Gasteiger charge is 2.54. The van der Waals surface area contributed by atoms with Gasteiger partial charge in [-0.15, -0.1) is 0 Å². The van der Waals surface area contributed by atoms with Gasteiger partial charge in [-0.05, 0) is 86.1 Å². The highest BCUT2D eigenvalue weighted by molar-refractivity contribution is 6.05. The number of aliphatic carboxylic acids is 1. The molecular formula is C32H38N2O7. The number of aliphatic hydroxyl groups excluding tert-OH is 2. The predicted octanol–water partition coefficient (Wildman–Crippen LogP) is 4.04. The number of amides is 2. The lowest BCUT2D eigenvalue weighted by Gasteiger charge is -2.35. The topological polar surface area (TPSA) is 148 Å². The number of rotatable bonds is 13. The molecule has 9 heteroatoms. The van der Waals surface area contributed by atoms with Gasteiger partial charge in [0.2, 0.25) is 11.8 Å². The van der Waals surface area contributed by atoms with E-state index in [0.717, 1.165) is 22.4 Å². The van der Waals surface area contributed by atoms with Crippen molar-refractivity contribution in [2.75, 3.05) is 13.2 Å². The lowest BCUT2D eigenvalue weighted by Crippen LogP contribution is -2.39. The summed E-state index contributed by atoms with van der Waals surface area (Å²) in [7, 11) is 0. The van der Waals surface area contributed by atoms with Crippen LogP contribution in [-0.4, -0.2) is 67.3 Å². The average Bonchev–Trinajstić information content (AvgIpc) is 3.18. The van der Waals surface area contributed by atoms with Crippen molar-refractivity contribution in [1.82, 2.24) is 9.88 Å². The number of carbonyl (C=O) groups is 3. The number of imide groups is 1. The molecule has 2 amide bonds. The third-order valence-electron chi connectivity index (χ3n) is 8.14. The Morgan fingerprint density at radius 1 is 1.10 bits per heavy atom. The third-order valence-corrected chi connectivity index (χ3v) is 8.14. The van der Waals surface area contributed by atoms with Gasteiger partial charge in [0.25, 0.3) is 0 Å². The molecule has 1 aliphatic carbocycles. The molecule has 1 aromatic heterocycles. The molecule has 2 aromatic rings. The number of likely N-dealkylation sites (tertiary alicyclic amines) is 1. The third kappa shape index (κ3) is 7.10. The standard InChI is InChI=1S/C32H38N2O7/c1-20-16-24-30(32(41)34(31(24)40)15-6-2-3-11-28(38)39)25(19-35)29(20)27(37)13-12-22(26-10-4-5-14-33-26)17-21-8-7-9-23(36)18-21/h4-5,7-10,14,17-18,24-25,27,30,35-37H,2-3,6,11-13,15-16,19H2,1H3,(H,38,39)/b22-17-/t24-,25+,27-,30-/m1/s1. The van der Waals surface area contributed by atoms with Gasteiger partial charge in [0.15, 0.2) is 0 Å². The zero-order valence-electron chi connectivity index (χ0n) is 23.3. The highest BCUT2D eigenvalue weighted by atomic mass is 16.4. The Morgan fingerprint density at radius 2 is 1.90 bits per heavy atom. The number of carbonyl (C=O) groups excluding carboxylic acids is 2. The number of pyridine rings is 1. The molecule has 4 N–H and O–H groups in total. The quantitative estimate of drug-likeness (QED) is 0.162. The number of aliphatic hydroxyl groups is 2. The normalized spacial score (nSPS) is 21.8. The molecule has 0 saturated carbocycles. The van der Waals surface area contributed by atoms with Gasteiger partial charge in [-0.3, -0.25) is 24.3 Å². The van der Waals surface area contributed by atoms with E-state index in [1.165, 1.54) is 4.90 Å². The Hall–Kier alpha value is -3.82. The summed E-state index contributed by atoms with van der Waals surface area (Å²) < 4.78 is 0. The summed E-state index contributed by atoms with van der Waals surface area (Å²) in [6, 6.07) is 12.5. The van der Waals surface area contributed by atoms with Gasteiger partial charge in [0.1, 0.15) is 5.75 Å². The van der Waals surface area contributed by atoms with Crippen molar-refractivity contribution >= 4 is 29.4 Å². The van der Waals surface area contributed by atoms with Crippen LogP contribution >= 0.6 is 0 Å². The van der Waals surface area contributed by atoms with Crippen LogP contribution in [0.5, 0.6) is 5.75 Å². The molecule has 218 valence electrons. The summed E-state index contributed by atoms with van der Waals surface area (Å²) in [5.41, 5.74) is 3.84. The molecule has 0 radical (unpaired) electrons. The maximum absolute atomic E-state index is 13.4. The molecule has 1 aromatic carbocycles. The second-order valence-electron chi connectivity index (χ2n) is 10.9. The minimum atomic E-state index is -0.933. The van der Waals surface area contributed by atoms with E-state index in [4.69, 9.17) is 5.11 Å². The summed E-state index contributed by atoms with van der Waals surface area (Å²) in [6.07, 6.45) is 5.45. The lowest BCUT2D eigenvalue weighted by molar-refractivity contribution is -0.141. The van der Waals surface area contributed by atoms with E-state index in [0.29, 0.717) is 44.1 Å². The van der Waals surface area contributed by atoms with Crippen LogP contribution in [0.25, 0.3) is 11.6 Å². The molecule has 1 saturated heterocycles. The van der Waals surface area contributed by atoms with Gasteiger partial charge in [0.05, 0.1) is 30.2 Å². The smallest absolute Gasteiger partial charge is 0.303 e. The molecular weight excluding hydrogens is 524 g/mol. The maximum atomic E-state index is 13.4. The summed E-state index contributed by atoms with van der Waals surface area (Å²) in [5, 5.41) is 40.6. The monoisotopic (exact) mass is 562 g/mol. The number of allylic oxidation sites excluding steroid dienone is 2. The lowest BCUT2D eigenvalue weighted by atomic mass is 9.68. The van der Waals surface area contributed by atoms with Gasteiger partial charge < -0.3 is 20.4 Å². The average molecular weight is 563 g/mol. The van der Waals surface area contributed by atoms with Crippen LogP contribution in [0.2, 0.25) is 0 Å². The Kier molecular flexibility index (Phi) is 10.1. The minimum absolute atomic E-state index is 0.0507. The van der Waals surface area contributed by atoms with Crippen molar-refractivity contribution in [3.63, 3.8) is 0 Å². The number of aromatic nitrogens is 1. The first-order chi connectivity index (χ1) is 19.7. The second-order valence-corrected chi connectivity index (χ2v) is 10.9. The number of fused-ring (bicyclic) bond motifs is 1. The molecule has 9 nitrogen and oxygen atoms in total. The largest absolute Gasteiger partial charge is 0.508 e. The van der Waals surface area contributed by atoms with Crippen LogP contribution in [0.4, 0.5) is 0 Å². The minimum Gasteiger partial charge on any atom is -0.508 e. The maximum Gasteiger partial charge on any atom is 0.303 e. The van der Waals surface area contributed by atoms with Crippen molar-refractivity contribution in [2.45, 2.75) is 58.0 Å². The molecule has 0 unspecified atom stereocenters. The number of nitrogens with zero attached hydrogens (tertiary/aromatic N) is 2. The van der Waals surface area contributed by atoms with Crippen LogP contribution in [0.3, 0.4) is 0 Å². The number of carboxylic acid groups (broad SMARTS) is 1. The van der Waals surface area contributed by atoms with Crippen LogP contribution in [-0.2, 0) is 14.4 Å². The molecule has 4 rings (SSSR count). The molecule has 2 aliphatic rings. The van der Waals surface area contributed by atoms with Crippen LogP contribution in [0, 0.1) is 17.8 Å². The van der Waals surface area contributed by atoms with Gasteiger partial charge in [-0.25, -0.2) is 0 Å². The molecule has 2 heterocycles. The van der Waals surface area contributed by atoms with Crippen molar-refractivity contribution in [3.05, 3.63) is 71.1 Å². The van der Waals surface area contributed by atoms with Gasteiger partial charge in [-0.2, -0.15) is 0 Å². The van der Waals surface area contributed by atoms with Crippen molar-refractivity contribution in [1.29, 1.82) is 0 Å². The zero-order valence-corrected chi connectivity index (χ0v) is 23.3. The van der Waals surface area contributed by atoms with E-state index in [1.54, 1.807) is 24.4 Å². The number of carboxylic acids is 1. The molecule has 1 fully saturated rings. The number of phenolic OH excluding ortho intramolecular Hbond substituents is 1. The number of unbranched alkanes of at least 4 members (excludes halogenated alkanes) is 2. The molecule has 4 atom stereocenters. The fraction of sp³-hybridized carbons (Fsp3) is 0.438. The first-order valence-electron chi connectivity index (χ1n) is 14.2. The Balaban J connectivity index is 1.49. The summed E-state index contributed by atoms with van der Waals surface area (Å²) >= 11 is 0. The van der Waals surface area contributed by atoms with Crippen molar-refractivity contribution in [3.8, 4) is 5.75 Å². The van der Waals surface area contributed by atoms with E-state index < -0.39 is 29.8 Å². The number of benzene rings is 1. The first-order valence-corrected chi connectivity index (χ1v) is 14.2. The number of hydrogen-bond donors (Lipinski definition) is 4. The Labute approximate surface area is 239 Å². The van der Waals surface area contributed by atoms with E-state index in [9.17, 15) is 29.7 Å². The molecule has 0 spiro atoms. The Morgan fingerprint density at radius 3 is 2.59 bits per heavy atom. The van der Waals surface area contributed by atoms with E-state index in [-0.39, 0.29) is 37.1 Å². The fourth-order valence-corrected chi connectivity index (χ4v) is 6.22. The van der Waals surface area contributed by atoms with E-state index in [1.807, 2.05) is 37.3 Å². The zero-order chi connectivity index (χ0) is 29.5. The summed E-state index contributed by atoms with van der Waals surface area (Å²) in [4.78, 5) is 43.1. The SMILES string of the molecule is CC1=C([C@H](O)CC/C(=C/c2cccc(O)c2)c2ccccn2)[C@H](CO)[C@@H]2C(=O)N(CCCCCC(=O)O)C(=O)[C@@H]2C1. The van der Waals surface area contributed by atoms with Crippen molar-refractivity contribution < 1.29 is 34.8 Å². The Bertz CT molecular complexity index is 1320. The number of aromatic hydroxyl groups is 1.